The van der Waals surface area contributed by atoms with Gasteiger partial charge >= 0.3 is 5.97 Å². The van der Waals surface area contributed by atoms with E-state index >= 15 is 0 Å². The molecule has 1 unspecified atom stereocenters. The van der Waals surface area contributed by atoms with Crippen LogP contribution in [0.3, 0.4) is 0 Å². The van der Waals surface area contributed by atoms with Crippen LogP contribution in [0.2, 0.25) is 0 Å². The Hall–Kier alpha value is -1.31. The van der Waals surface area contributed by atoms with E-state index in [1.165, 1.54) is 0 Å². The Morgan fingerprint density at radius 2 is 2.25 bits per heavy atom. The van der Waals surface area contributed by atoms with E-state index in [0.29, 0.717) is 0 Å². The Labute approximate surface area is 72.9 Å². The first-order valence-electron chi connectivity index (χ1n) is 3.84. The van der Waals surface area contributed by atoms with Crippen molar-refractivity contribution in [3.8, 4) is 0 Å². The van der Waals surface area contributed by atoms with Gasteiger partial charge in [0.2, 0.25) is 0 Å². The molecule has 0 aromatic rings. The Kier molecular flexibility index (Phi) is 5.70. The summed E-state index contributed by atoms with van der Waals surface area (Å²) in [5, 5.41) is 8.47. The number of allylic oxidation sites excluding steroid dienone is 5. The Morgan fingerprint density at radius 3 is 2.67 bits per heavy atom. The van der Waals surface area contributed by atoms with Gasteiger partial charge in [-0.05, 0) is 6.92 Å². The monoisotopic (exact) mass is 166 g/mol. The zero-order valence-corrected chi connectivity index (χ0v) is 7.23. The zero-order valence-electron chi connectivity index (χ0n) is 7.23. The molecule has 0 saturated carbocycles. The molecule has 0 spiro atoms. The van der Waals surface area contributed by atoms with Gasteiger partial charge in [-0.3, -0.25) is 4.79 Å². The third-order valence-electron chi connectivity index (χ3n) is 1.37. The number of carboxylic acids is 1. The van der Waals surface area contributed by atoms with Crippen LogP contribution in [0.25, 0.3) is 0 Å². The van der Waals surface area contributed by atoms with Crippen molar-refractivity contribution in [3.63, 3.8) is 0 Å². The summed E-state index contributed by atoms with van der Waals surface area (Å²) in [6.07, 6.45) is 9.14. The second-order valence-corrected chi connectivity index (χ2v) is 2.41. The van der Waals surface area contributed by atoms with E-state index in [0.717, 1.165) is 0 Å². The minimum absolute atomic E-state index is 0.0706. The number of carbonyl (C=O) groups is 1. The van der Waals surface area contributed by atoms with Crippen LogP contribution in [0.4, 0.5) is 0 Å². The molecule has 0 aliphatic heterocycles. The van der Waals surface area contributed by atoms with Crippen molar-refractivity contribution in [1.82, 2.24) is 0 Å². The second-order valence-electron chi connectivity index (χ2n) is 2.41. The summed E-state index contributed by atoms with van der Waals surface area (Å²) in [5.74, 6) is -0.872. The van der Waals surface area contributed by atoms with Crippen molar-refractivity contribution in [2.75, 3.05) is 0 Å². The quantitative estimate of drug-likeness (QED) is 0.503. The molecule has 0 aromatic heterocycles. The minimum atomic E-state index is -0.801. The maximum atomic E-state index is 10.3. The summed E-state index contributed by atoms with van der Waals surface area (Å²) in [4.78, 5) is 10.3. The third kappa shape index (κ3) is 5.47. The molecule has 0 bridgehead atoms. The molecule has 1 atom stereocenters. The molecule has 12 heavy (non-hydrogen) atoms. The summed E-state index contributed by atoms with van der Waals surface area (Å²) in [7, 11) is 0. The summed E-state index contributed by atoms with van der Waals surface area (Å²) in [6.45, 7) is 5.46. The molecule has 0 radical (unpaired) electrons. The lowest BCUT2D eigenvalue weighted by Gasteiger charge is -2.00. The molecule has 0 heterocycles. The molecule has 1 N–H and O–H groups in total. The molecule has 2 heteroatoms. The van der Waals surface area contributed by atoms with E-state index in [-0.39, 0.29) is 12.3 Å². The van der Waals surface area contributed by atoms with Crippen molar-refractivity contribution in [2.24, 2.45) is 5.92 Å². The van der Waals surface area contributed by atoms with Gasteiger partial charge in [0.1, 0.15) is 0 Å². The molecule has 0 rings (SSSR count). The average Bonchev–Trinajstić information content (AvgIpc) is 2.02. The van der Waals surface area contributed by atoms with E-state index in [9.17, 15) is 4.79 Å². The molecule has 2 nitrogen and oxygen atoms in total. The van der Waals surface area contributed by atoms with E-state index in [1.807, 2.05) is 31.2 Å². The van der Waals surface area contributed by atoms with Crippen LogP contribution in [0, 0.1) is 5.92 Å². The van der Waals surface area contributed by atoms with Gasteiger partial charge in [-0.2, -0.15) is 0 Å². The van der Waals surface area contributed by atoms with Crippen LogP contribution < -0.4 is 0 Å². The lowest BCUT2D eigenvalue weighted by Crippen LogP contribution is -2.01. The van der Waals surface area contributed by atoms with Gasteiger partial charge in [0, 0.05) is 5.92 Å². The normalized spacial score (nSPS) is 13.8. The van der Waals surface area contributed by atoms with E-state index in [4.69, 9.17) is 5.11 Å². The SMILES string of the molecule is C=CC(/C=C/C=C/C)CC(=O)O. The Bertz CT molecular complexity index is 202. The first kappa shape index (κ1) is 10.7. The fourth-order valence-corrected chi connectivity index (χ4v) is 0.750. The lowest BCUT2D eigenvalue weighted by atomic mass is 10.1. The van der Waals surface area contributed by atoms with Crippen molar-refractivity contribution in [3.05, 3.63) is 37.0 Å². The van der Waals surface area contributed by atoms with Gasteiger partial charge in [-0.1, -0.05) is 30.4 Å². The molecule has 0 aromatic carbocycles. The van der Waals surface area contributed by atoms with Gasteiger partial charge < -0.3 is 5.11 Å². The number of hydrogen-bond donors (Lipinski definition) is 1. The number of hydrogen-bond acceptors (Lipinski definition) is 1. The number of carboxylic acid groups (broad SMARTS) is 1. The highest BCUT2D eigenvalue weighted by Gasteiger charge is 2.03. The van der Waals surface area contributed by atoms with Crippen LogP contribution in [0.15, 0.2) is 37.0 Å². The van der Waals surface area contributed by atoms with Gasteiger partial charge in [-0.15, -0.1) is 6.58 Å². The van der Waals surface area contributed by atoms with Crippen molar-refractivity contribution < 1.29 is 9.90 Å². The number of rotatable bonds is 5. The summed E-state index contributed by atoms with van der Waals surface area (Å²) < 4.78 is 0. The molecule has 0 aliphatic carbocycles. The molecular formula is C10H14O2. The predicted molar refractivity (Wildman–Crippen MR) is 49.9 cm³/mol. The molecule has 0 saturated heterocycles. The predicted octanol–water partition coefficient (Wildman–Crippen LogP) is 2.40. The largest absolute Gasteiger partial charge is 0.481 e. The first-order chi connectivity index (χ1) is 5.70. The van der Waals surface area contributed by atoms with E-state index in [2.05, 4.69) is 6.58 Å². The molecule has 0 aliphatic rings. The zero-order chi connectivity index (χ0) is 9.40. The Balaban J connectivity index is 3.98. The highest BCUT2D eigenvalue weighted by molar-refractivity contribution is 5.67. The maximum Gasteiger partial charge on any atom is 0.304 e. The summed E-state index contributed by atoms with van der Waals surface area (Å²) in [5.41, 5.74) is 0. The number of aliphatic carboxylic acids is 1. The fraction of sp³-hybridized carbons (Fsp3) is 0.300. The summed E-state index contributed by atoms with van der Waals surface area (Å²) in [6, 6.07) is 0. The van der Waals surface area contributed by atoms with Crippen LogP contribution in [-0.4, -0.2) is 11.1 Å². The van der Waals surface area contributed by atoms with E-state index in [1.54, 1.807) is 6.08 Å². The van der Waals surface area contributed by atoms with Crippen LogP contribution in [0.5, 0.6) is 0 Å². The molecule has 0 amide bonds. The third-order valence-corrected chi connectivity index (χ3v) is 1.37. The summed E-state index contributed by atoms with van der Waals surface area (Å²) >= 11 is 0. The van der Waals surface area contributed by atoms with Crippen LogP contribution in [0.1, 0.15) is 13.3 Å². The highest BCUT2D eigenvalue weighted by atomic mass is 16.4. The van der Waals surface area contributed by atoms with Gasteiger partial charge in [0.05, 0.1) is 6.42 Å². The first-order valence-corrected chi connectivity index (χ1v) is 3.84. The highest BCUT2D eigenvalue weighted by Crippen LogP contribution is 2.05. The molecule has 0 fully saturated rings. The average molecular weight is 166 g/mol. The van der Waals surface area contributed by atoms with Gasteiger partial charge in [-0.25, -0.2) is 0 Å². The lowest BCUT2D eigenvalue weighted by molar-refractivity contribution is -0.137. The smallest absolute Gasteiger partial charge is 0.304 e. The molecule has 66 valence electrons. The van der Waals surface area contributed by atoms with Crippen LogP contribution in [-0.2, 0) is 4.79 Å². The Morgan fingerprint density at radius 1 is 1.58 bits per heavy atom. The fourth-order valence-electron chi connectivity index (χ4n) is 0.750. The molecular weight excluding hydrogens is 152 g/mol. The second kappa shape index (κ2) is 6.40. The van der Waals surface area contributed by atoms with Crippen molar-refractivity contribution in [2.45, 2.75) is 13.3 Å². The van der Waals surface area contributed by atoms with Crippen molar-refractivity contribution >= 4 is 5.97 Å². The maximum absolute atomic E-state index is 10.3. The van der Waals surface area contributed by atoms with E-state index < -0.39 is 5.97 Å². The topological polar surface area (TPSA) is 37.3 Å². The standard InChI is InChI=1S/C10H14O2/c1-3-5-6-7-9(4-2)8-10(11)12/h3-7,9H,2,8H2,1H3,(H,11,12)/b5-3+,7-6+. The van der Waals surface area contributed by atoms with Gasteiger partial charge in [0.25, 0.3) is 0 Å². The minimum Gasteiger partial charge on any atom is -0.481 e. The van der Waals surface area contributed by atoms with Gasteiger partial charge in [0.15, 0.2) is 0 Å². The van der Waals surface area contributed by atoms with Crippen LogP contribution >= 0.6 is 0 Å². The van der Waals surface area contributed by atoms with Crippen molar-refractivity contribution in [1.29, 1.82) is 0 Å².